The van der Waals surface area contributed by atoms with Gasteiger partial charge in [-0.2, -0.15) is 0 Å². The third kappa shape index (κ3) is 4.25. The van der Waals surface area contributed by atoms with Crippen LogP contribution < -0.4 is 0 Å². The Hall–Kier alpha value is -1.99. The second kappa shape index (κ2) is 7.33. The predicted octanol–water partition coefficient (Wildman–Crippen LogP) is 0.662. The number of nitro benzene ring substituents is 1. The molecule has 0 saturated carbocycles. The van der Waals surface area contributed by atoms with E-state index in [0.717, 1.165) is 31.6 Å². The van der Waals surface area contributed by atoms with E-state index in [1.165, 1.54) is 19.1 Å². The molecule has 0 radical (unpaired) electrons. The Kier molecular flexibility index (Phi) is 5.46. The van der Waals surface area contributed by atoms with Crippen molar-refractivity contribution in [1.29, 1.82) is 0 Å². The monoisotopic (exact) mass is 307 g/mol. The van der Waals surface area contributed by atoms with E-state index in [-0.39, 0.29) is 11.6 Å². The minimum Gasteiger partial charge on any atom is -0.384 e. The summed E-state index contributed by atoms with van der Waals surface area (Å²) in [6, 6.07) is 6.61. The van der Waals surface area contributed by atoms with Gasteiger partial charge in [0.05, 0.1) is 4.92 Å². The number of carbonyl (C=O) groups excluding carboxylic acids is 1. The van der Waals surface area contributed by atoms with Crippen molar-refractivity contribution in [2.45, 2.75) is 19.4 Å². The SMILES string of the molecule is CC(O)C(=O)N1CCN(CCc2ccc([N+](=O)[O-])cc2)CC1. The Bertz CT molecular complexity index is 522. The molecule has 1 unspecified atom stereocenters. The lowest BCUT2D eigenvalue weighted by Crippen LogP contribution is -2.51. The lowest BCUT2D eigenvalue weighted by atomic mass is 10.1. The summed E-state index contributed by atoms with van der Waals surface area (Å²) in [5, 5.41) is 19.9. The fourth-order valence-electron chi connectivity index (χ4n) is 2.53. The number of benzene rings is 1. The van der Waals surface area contributed by atoms with Gasteiger partial charge in [0.2, 0.25) is 0 Å². The largest absolute Gasteiger partial charge is 0.384 e. The Morgan fingerprint density at radius 2 is 1.86 bits per heavy atom. The van der Waals surface area contributed by atoms with E-state index in [1.807, 2.05) is 0 Å². The number of aliphatic hydroxyl groups is 1. The van der Waals surface area contributed by atoms with E-state index in [9.17, 15) is 20.0 Å². The lowest BCUT2D eigenvalue weighted by molar-refractivity contribution is -0.384. The topological polar surface area (TPSA) is 86.9 Å². The molecule has 7 nitrogen and oxygen atoms in total. The summed E-state index contributed by atoms with van der Waals surface area (Å²) < 4.78 is 0. The van der Waals surface area contributed by atoms with Crippen molar-refractivity contribution < 1.29 is 14.8 Å². The van der Waals surface area contributed by atoms with Crippen LogP contribution >= 0.6 is 0 Å². The van der Waals surface area contributed by atoms with Crippen molar-refractivity contribution in [3.8, 4) is 0 Å². The summed E-state index contributed by atoms with van der Waals surface area (Å²) in [5.74, 6) is -0.213. The number of rotatable bonds is 5. The smallest absolute Gasteiger partial charge is 0.269 e. The zero-order valence-electron chi connectivity index (χ0n) is 12.6. The Morgan fingerprint density at radius 1 is 1.27 bits per heavy atom. The van der Waals surface area contributed by atoms with Crippen LogP contribution in [0.15, 0.2) is 24.3 Å². The second-order valence-electron chi connectivity index (χ2n) is 5.52. The molecule has 120 valence electrons. The zero-order chi connectivity index (χ0) is 16.1. The van der Waals surface area contributed by atoms with E-state index in [0.29, 0.717) is 13.1 Å². The van der Waals surface area contributed by atoms with Crippen LogP contribution in [0.4, 0.5) is 5.69 Å². The molecular formula is C15H21N3O4. The summed E-state index contributed by atoms with van der Waals surface area (Å²) in [6.45, 7) is 5.17. The maximum absolute atomic E-state index is 11.7. The molecule has 1 atom stereocenters. The fourth-order valence-corrected chi connectivity index (χ4v) is 2.53. The van der Waals surface area contributed by atoms with Gasteiger partial charge >= 0.3 is 0 Å². The maximum atomic E-state index is 11.7. The molecule has 1 aromatic carbocycles. The molecule has 1 aliphatic heterocycles. The van der Waals surface area contributed by atoms with Crippen molar-refractivity contribution in [3.05, 3.63) is 39.9 Å². The van der Waals surface area contributed by atoms with Crippen LogP contribution in [0, 0.1) is 10.1 Å². The van der Waals surface area contributed by atoms with Gasteiger partial charge in [-0.05, 0) is 18.9 Å². The van der Waals surface area contributed by atoms with Gasteiger partial charge < -0.3 is 10.0 Å². The summed E-state index contributed by atoms with van der Waals surface area (Å²) >= 11 is 0. The van der Waals surface area contributed by atoms with Crippen molar-refractivity contribution in [2.75, 3.05) is 32.7 Å². The van der Waals surface area contributed by atoms with Gasteiger partial charge in [-0.3, -0.25) is 19.8 Å². The number of nitrogens with zero attached hydrogens (tertiary/aromatic N) is 3. The van der Waals surface area contributed by atoms with Gasteiger partial charge in [0.1, 0.15) is 6.10 Å². The number of piperazine rings is 1. The van der Waals surface area contributed by atoms with Crippen molar-refractivity contribution in [3.63, 3.8) is 0 Å². The van der Waals surface area contributed by atoms with E-state index in [1.54, 1.807) is 17.0 Å². The third-order valence-corrected chi connectivity index (χ3v) is 3.91. The molecule has 0 aliphatic carbocycles. The van der Waals surface area contributed by atoms with Crippen molar-refractivity contribution in [2.24, 2.45) is 0 Å². The molecule has 0 bridgehead atoms. The van der Waals surface area contributed by atoms with Crippen LogP contribution in [-0.2, 0) is 11.2 Å². The van der Waals surface area contributed by atoms with E-state index >= 15 is 0 Å². The normalized spacial score (nSPS) is 17.3. The number of aliphatic hydroxyl groups excluding tert-OH is 1. The summed E-state index contributed by atoms with van der Waals surface area (Å²) in [4.78, 5) is 25.8. The van der Waals surface area contributed by atoms with Crippen molar-refractivity contribution in [1.82, 2.24) is 9.80 Å². The van der Waals surface area contributed by atoms with Crippen LogP contribution in [-0.4, -0.2) is 64.6 Å². The molecule has 0 spiro atoms. The van der Waals surface area contributed by atoms with Crippen LogP contribution in [0.5, 0.6) is 0 Å². The number of amides is 1. The third-order valence-electron chi connectivity index (χ3n) is 3.91. The van der Waals surface area contributed by atoms with Crippen LogP contribution in [0.3, 0.4) is 0 Å². The summed E-state index contributed by atoms with van der Waals surface area (Å²) in [7, 11) is 0. The quantitative estimate of drug-likeness (QED) is 0.638. The van der Waals surface area contributed by atoms with Crippen molar-refractivity contribution >= 4 is 11.6 Å². The highest BCUT2D eigenvalue weighted by Gasteiger charge is 2.23. The van der Waals surface area contributed by atoms with Gasteiger partial charge in [-0.15, -0.1) is 0 Å². The molecule has 1 amide bonds. The molecule has 1 fully saturated rings. The first-order chi connectivity index (χ1) is 10.5. The average molecular weight is 307 g/mol. The molecule has 1 N–H and O–H groups in total. The second-order valence-corrected chi connectivity index (χ2v) is 5.52. The average Bonchev–Trinajstić information content (AvgIpc) is 2.53. The molecule has 0 aromatic heterocycles. The van der Waals surface area contributed by atoms with Crippen LogP contribution in [0.2, 0.25) is 0 Å². The number of hydrogen-bond acceptors (Lipinski definition) is 5. The van der Waals surface area contributed by atoms with Gasteiger partial charge in [-0.1, -0.05) is 12.1 Å². The Balaban J connectivity index is 1.77. The first kappa shape index (κ1) is 16.4. The molecule has 22 heavy (non-hydrogen) atoms. The van der Waals surface area contributed by atoms with Gasteiger partial charge in [0, 0.05) is 44.9 Å². The molecule has 1 heterocycles. The predicted molar refractivity (Wildman–Crippen MR) is 81.5 cm³/mol. The van der Waals surface area contributed by atoms with Crippen LogP contribution in [0.1, 0.15) is 12.5 Å². The molecule has 2 rings (SSSR count). The Morgan fingerprint density at radius 3 is 2.36 bits per heavy atom. The highest BCUT2D eigenvalue weighted by atomic mass is 16.6. The summed E-state index contributed by atoms with van der Waals surface area (Å²) in [6.07, 6.45) is -0.117. The van der Waals surface area contributed by atoms with E-state index < -0.39 is 11.0 Å². The number of nitro groups is 1. The molecule has 1 saturated heterocycles. The highest BCUT2D eigenvalue weighted by molar-refractivity contribution is 5.80. The maximum Gasteiger partial charge on any atom is 0.269 e. The minimum atomic E-state index is -0.938. The van der Waals surface area contributed by atoms with Gasteiger partial charge in [0.25, 0.3) is 11.6 Å². The summed E-state index contributed by atoms with van der Waals surface area (Å²) in [5.41, 5.74) is 1.17. The van der Waals surface area contributed by atoms with Crippen LogP contribution in [0.25, 0.3) is 0 Å². The molecule has 7 heteroatoms. The highest BCUT2D eigenvalue weighted by Crippen LogP contribution is 2.13. The number of carbonyl (C=O) groups is 1. The number of non-ortho nitro benzene ring substituents is 1. The lowest BCUT2D eigenvalue weighted by Gasteiger charge is -2.35. The Labute approximate surface area is 129 Å². The minimum absolute atomic E-state index is 0.106. The van der Waals surface area contributed by atoms with Gasteiger partial charge in [0.15, 0.2) is 0 Å². The number of hydrogen-bond donors (Lipinski definition) is 1. The standard InChI is InChI=1S/C15H21N3O4/c1-12(19)15(20)17-10-8-16(9-11-17)7-6-13-2-4-14(5-3-13)18(21)22/h2-5,12,19H,6-11H2,1H3. The fraction of sp³-hybridized carbons (Fsp3) is 0.533. The van der Waals surface area contributed by atoms with Gasteiger partial charge in [-0.25, -0.2) is 0 Å². The first-order valence-corrected chi connectivity index (χ1v) is 7.40. The molecule has 1 aromatic rings. The van der Waals surface area contributed by atoms with E-state index in [2.05, 4.69) is 4.90 Å². The molecule has 1 aliphatic rings. The zero-order valence-corrected chi connectivity index (χ0v) is 12.6. The molecular weight excluding hydrogens is 286 g/mol. The first-order valence-electron chi connectivity index (χ1n) is 7.40. The van der Waals surface area contributed by atoms with E-state index in [4.69, 9.17) is 0 Å².